The molecule has 0 atom stereocenters. The predicted octanol–water partition coefficient (Wildman–Crippen LogP) is 3.25. The van der Waals surface area contributed by atoms with Gasteiger partial charge in [-0.3, -0.25) is 0 Å². The molecule has 0 unspecified atom stereocenters. The zero-order chi connectivity index (χ0) is 20.2. The lowest BCUT2D eigenvalue weighted by molar-refractivity contribution is 0.240. The van der Waals surface area contributed by atoms with Gasteiger partial charge in [0.15, 0.2) is 5.82 Å². The Morgan fingerprint density at radius 3 is 2.59 bits per heavy atom. The summed E-state index contributed by atoms with van der Waals surface area (Å²) < 4.78 is 7.55. The van der Waals surface area contributed by atoms with E-state index in [1.165, 1.54) is 0 Å². The lowest BCUT2D eigenvalue weighted by Gasteiger charge is -2.32. The van der Waals surface area contributed by atoms with Gasteiger partial charge in [-0.2, -0.15) is 0 Å². The smallest absolute Gasteiger partial charge is 0.151 e. The summed E-state index contributed by atoms with van der Waals surface area (Å²) >= 11 is 0. The van der Waals surface area contributed by atoms with Crippen LogP contribution < -0.4 is 9.64 Å². The molecule has 0 aliphatic carbocycles. The summed E-state index contributed by atoms with van der Waals surface area (Å²) in [6, 6.07) is 10.1. The van der Waals surface area contributed by atoms with E-state index in [9.17, 15) is 0 Å². The number of rotatable bonds is 6. The number of aliphatic hydroxyl groups is 1. The summed E-state index contributed by atoms with van der Waals surface area (Å²) in [6.07, 6.45) is 6.84. The number of benzene rings is 1. The Hall–Kier alpha value is -2.93. The molecule has 1 fully saturated rings. The minimum Gasteiger partial charge on any atom is -0.495 e. The molecular weight excluding hydrogens is 366 g/mol. The Labute approximate surface area is 171 Å². The summed E-state index contributed by atoms with van der Waals surface area (Å²) in [7, 11) is 1.67. The highest BCUT2D eigenvalue weighted by atomic mass is 16.5. The van der Waals surface area contributed by atoms with Crippen LogP contribution in [0.4, 0.5) is 5.82 Å². The normalized spacial score (nSPS) is 14.9. The molecule has 0 bridgehead atoms. The number of hydrogen-bond acceptors (Lipinski definition) is 6. The molecule has 1 aromatic carbocycles. The molecule has 152 valence electrons. The molecule has 0 radical (unpaired) electrons. The van der Waals surface area contributed by atoms with Crippen molar-refractivity contribution in [3.05, 3.63) is 48.5 Å². The number of imidazole rings is 1. The summed E-state index contributed by atoms with van der Waals surface area (Å²) in [6.45, 7) is 4.17. The largest absolute Gasteiger partial charge is 0.495 e. The third-order valence-electron chi connectivity index (χ3n) is 5.59. The van der Waals surface area contributed by atoms with Crippen molar-refractivity contribution in [1.82, 2.24) is 19.7 Å². The third kappa shape index (κ3) is 4.24. The topological polar surface area (TPSA) is 76.3 Å². The van der Waals surface area contributed by atoms with Crippen molar-refractivity contribution in [2.24, 2.45) is 5.92 Å². The number of ether oxygens (including phenoxy) is 1. The number of piperidine rings is 1. The van der Waals surface area contributed by atoms with Crippen LogP contribution in [-0.2, 0) is 0 Å². The van der Waals surface area contributed by atoms with Gasteiger partial charge in [-0.25, -0.2) is 4.98 Å². The number of aryl methyl sites for hydroxylation is 1. The second kappa shape index (κ2) is 8.61. The van der Waals surface area contributed by atoms with Crippen molar-refractivity contribution in [3.8, 4) is 22.7 Å². The molecular formula is C22H27N5O2. The highest BCUT2D eigenvalue weighted by molar-refractivity contribution is 5.65. The maximum atomic E-state index is 9.11. The number of aliphatic hydroxyl groups excluding tert-OH is 1. The first kappa shape index (κ1) is 19.4. The fraction of sp³-hybridized carbons (Fsp3) is 0.409. The fourth-order valence-corrected chi connectivity index (χ4v) is 3.88. The van der Waals surface area contributed by atoms with E-state index in [2.05, 4.69) is 20.1 Å². The van der Waals surface area contributed by atoms with E-state index in [4.69, 9.17) is 9.84 Å². The second-order valence-corrected chi connectivity index (χ2v) is 7.53. The summed E-state index contributed by atoms with van der Waals surface area (Å²) in [5, 5.41) is 18.0. The molecule has 2 aromatic heterocycles. The quantitative estimate of drug-likeness (QED) is 0.693. The van der Waals surface area contributed by atoms with E-state index in [-0.39, 0.29) is 6.61 Å². The van der Waals surface area contributed by atoms with Gasteiger partial charge in [0.1, 0.15) is 5.75 Å². The van der Waals surface area contributed by atoms with Crippen LogP contribution in [-0.4, -0.2) is 51.7 Å². The molecule has 1 N–H and O–H groups in total. The van der Waals surface area contributed by atoms with Crippen molar-refractivity contribution in [2.75, 3.05) is 31.7 Å². The van der Waals surface area contributed by atoms with Crippen LogP contribution in [0.1, 0.15) is 25.0 Å². The van der Waals surface area contributed by atoms with E-state index in [0.29, 0.717) is 5.92 Å². The van der Waals surface area contributed by atoms with Crippen LogP contribution in [0.2, 0.25) is 0 Å². The summed E-state index contributed by atoms with van der Waals surface area (Å²) in [5.41, 5.74) is 3.67. The van der Waals surface area contributed by atoms with Gasteiger partial charge in [-0.05, 0) is 56.4 Å². The van der Waals surface area contributed by atoms with Crippen molar-refractivity contribution in [1.29, 1.82) is 0 Å². The first-order valence-corrected chi connectivity index (χ1v) is 10.1. The van der Waals surface area contributed by atoms with Crippen LogP contribution >= 0.6 is 0 Å². The second-order valence-electron chi connectivity index (χ2n) is 7.53. The van der Waals surface area contributed by atoms with E-state index in [0.717, 1.165) is 66.6 Å². The summed E-state index contributed by atoms with van der Waals surface area (Å²) in [5.74, 6) is 2.29. The molecule has 29 heavy (non-hydrogen) atoms. The van der Waals surface area contributed by atoms with Gasteiger partial charge in [0.05, 0.1) is 30.5 Å². The maximum Gasteiger partial charge on any atom is 0.151 e. The van der Waals surface area contributed by atoms with Gasteiger partial charge in [-0.1, -0.05) is 6.07 Å². The van der Waals surface area contributed by atoms with Crippen molar-refractivity contribution in [3.63, 3.8) is 0 Å². The van der Waals surface area contributed by atoms with Crippen LogP contribution in [0.15, 0.2) is 42.9 Å². The zero-order valence-corrected chi connectivity index (χ0v) is 17.0. The van der Waals surface area contributed by atoms with Gasteiger partial charge < -0.3 is 19.3 Å². The Kier molecular flexibility index (Phi) is 5.76. The van der Waals surface area contributed by atoms with Gasteiger partial charge in [0.2, 0.25) is 0 Å². The highest BCUT2D eigenvalue weighted by Gasteiger charge is 2.20. The Balaban J connectivity index is 1.50. The van der Waals surface area contributed by atoms with E-state index in [1.54, 1.807) is 13.4 Å². The van der Waals surface area contributed by atoms with Crippen LogP contribution in [0, 0.1) is 12.8 Å². The van der Waals surface area contributed by atoms with Gasteiger partial charge in [0, 0.05) is 31.5 Å². The zero-order valence-electron chi connectivity index (χ0n) is 17.0. The molecule has 4 rings (SSSR count). The molecule has 1 aliphatic heterocycles. The summed E-state index contributed by atoms with van der Waals surface area (Å²) in [4.78, 5) is 6.56. The molecule has 3 heterocycles. The van der Waals surface area contributed by atoms with Gasteiger partial charge in [0.25, 0.3) is 0 Å². The number of aromatic nitrogens is 4. The lowest BCUT2D eigenvalue weighted by atomic mass is 9.94. The molecule has 3 aromatic rings. The SMILES string of the molecule is COc1cc(-c2ccc(N3CCC(CCO)CC3)nn2)ccc1-n1cnc(C)c1. The first-order chi connectivity index (χ1) is 14.2. The maximum absolute atomic E-state index is 9.11. The molecule has 7 nitrogen and oxygen atoms in total. The molecule has 7 heteroatoms. The predicted molar refractivity (Wildman–Crippen MR) is 113 cm³/mol. The average Bonchev–Trinajstić information content (AvgIpc) is 3.20. The van der Waals surface area contributed by atoms with Crippen molar-refractivity contribution >= 4 is 5.82 Å². The first-order valence-electron chi connectivity index (χ1n) is 10.1. The fourth-order valence-electron chi connectivity index (χ4n) is 3.88. The Bertz CT molecular complexity index is 946. The molecule has 0 amide bonds. The minimum absolute atomic E-state index is 0.280. The van der Waals surface area contributed by atoms with Crippen LogP contribution in [0.25, 0.3) is 16.9 Å². The Morgan fingerprint density at radius 1 is 1.14 bits per heavy atom. The standard InChI is InChI=1S/C22H27N5O2/c1-16-14-27(15-23-16)20-5-3-18(13-21(20)29-2)19-4-6-22(25-24-19)26-10-7-17(8-11-26)9-12-28/h3-6,13-15,17,28H,7-12H2,1-2H3. The molecule has 0 saturated carbocycles. The van der Waals surface area contributed by atoms with Crippen LogP contribution in [0.3, 0.4) is 0 Å². The monoisotopic (exact) mass is 393 g/mol. The van der Waals surface area contributed by atoms with Crippen LogP contribution in [0.5, 0.6) is 5.75 Å². The molecule has 0 spiro atoms. The number of hydrogen-bond donors (Lipinski definition) is 1. The average molecular weight is 393 g/mol. The lowest BCUT2D eigenvalue weighted by Crippen LogP contribution is -2.34. The van der Waals surface area contributed by atoms with E-state index in [1.807, 2.05) is 48.0 Å². The van der Waals surface area contributed by atoms with E-state index < -0.39 is 0 Å². The molecule has 1 aliphatic rings. The van der Waals surface area contributed by atoms with Gasteiger partial charge >= 0.3 is 0 Å². The van der Waals surface area contributed by atoms with E-state index >= 15 is 0 Å². The third-order valence-corrected chi connectivity index (χ3v) is 5.59. The van der Waals surface area contributed by atoms with Crippen molar-refractivity contribution in [2.45, 2.75) is 26.2 Å². The Morgan fingerprint density at radius 2 is 1.97 bits per heavy atom. The van der Waals surface area contributed by atoms with Gasteiger partial charge in [-0.15, -0.1) is 10.2 Å². The number of anilines is 1. The molecule has 1 saturated heterocycles. The highest BCUT2D eigenvalue weighted by Crippen LogP contribution is 2.30. The van der Waals surface area contributed by atoms with Crippen molar-refractivity contribution < 1.29 is 9.84 Å². The number of nitrogens with zero attached hydrogens (tertiary/aromatic N) is 5. The minimum atomic E-state index is 0.280. The number of methoxy groups -OCH3 is 1.